The molecule has 1 atom stereocenters. The standard InChI is InChI=1S/C28H23NO5/c1-2-15-33-20-11-6-10-19(17-20)29-25(23-14-7-16-34-23)24(27(31)28(29)32)26(30)22-13-5-9-18-8-3-4-12-21(18)22/h3-14,16-17,25,30H,2,15H2,1H3/b26-24-. The van der Waals surface area contributed by atoms with Crippen LogP contribution in [0.4, 0.5) is 5.69 Å². The number of benzene rings is 3. The Morgan fingerprint density at radius 2 is 1.79 bits per heavy atom. The van der Waals surface area contributed by atoms with Crippen LogP contribution in [-0.2, 0) is 9.59 Å². The highest BCUT2D eigenvalue weighted by Crippen LogP contribution is 2.43. The van der Waals surface area contributed by atoms with E-state index in [0.717, 1.165) is 17.2 Å². The lowest BCUT2D eigenvalue weighted by Crippen LogP contribution is -2.29. The largest absolute Gasteiger partial charge is 0.507 e. The summed E-state index contributed by atoms with van der Waals surface area (Å²) in [5.74, 6) is -0.783. The van der Waals surface area contributed by atoms with Crippen molar-refractivity contribution in [2.75, 3.05) is 11.5 Å². The molecule has 4 aromatic rings. The van der Waals surface area contributed by atoms with Crippen LogP contribution in [0.15, 0.2) is 95.1 Å². The monoisotopic (exact) mass is 453 g/mol. The van der Waals surface area contributed by atoms with Crippen LogP contribution >= 0.6 is 0 Å². The van der Waals surface area contributed by atoms with Crippen molar-refractivity contribution in [3.8, 4) is 5.75 Å². The number of hydrogen-bond donors (Lipinski definition) is 1. The molecule has 0 aliphatic carbocycles. The van der Waals surface area contributed by atoms with Crippen LogP contribution in [0.25, 0.3) is 16.5 Å². The number of nitrogens with zero attached hydrogens (tertiary/aromatic N) is 1. The molecule has 1 N–H and O–H groups in total. The molecule has 1 unspecified atom stereocenters. The van der Waals surface area contributed by atoms with Gasteiger partial charge in [-0.25, -0.2) is 0 Å². The summed E-state index contributed by atoms with van der Waals surface area (Å²) in [5.41, 5.74) is 0.943. The number of Topliss-reactive ketones (excluding diaryl/α,β-unsaturated/α-hetero) is 1. The van der Waals surface area contributed by atoms with Crippen LogP contribution < -0.4 is 9.64 Å². The molecule has 1 fully saturated rings. The molecule has 34 heavy (non-hydrogen) atoms. The van der Waals surface area contributed by atoms with Gasteiger partial charge in [-0.3, -0.25) is 14.5 Å². The van der Waals surface area contributed by atoms with Gasteiger partial charge in [0.15, 0.2) is 0 Å². The van der Waals surface area contributed by atoms with Crippen molar-refractivity contribution >= 4 is 33.9 Å². The van der Waals surface area contributed by atoms with Crippen molar-refractivity contribution in [1.29, 1.82) is 0 Å². The Morgan fingerprint density at radius 3 is 2.59 bits per heavy atom. The van der Waals surface area contributed by atoms with E-state index in [2.05, 4.69) is 0 Å². The molecule has 3 aromatic carbocycles. The Bertz CT molecular complexity index is 1400. The van der Waals surface area contributed by atoms with Crippen molar-refractivity contribution in [2.24, 2.45) is 0 Å². The smallest absolute Gasteiger partial charge is 0.300 e. The first kappa shape index (κ1) is 21.5. The maximum atomic E-state index is 13.3. The third-order valence-corrected chi connectivity index (χ3v) is 5.87. The van der Waals surface area contributed by atoms with E-state index in [1.165, 1.54) is 11.2 Å². The van der Waals surface area contributed by atoms with Crippen molar-refractivity contribution in [2.45, 2.75) is 19.4 Å². The quantitative estimate of drug-likeness (QED) is 0.225. The number of aliphatic hydroxyl groups excluding tert-OH is 1. The molecule has 2 heterocycles. The number of amides is 1. The highest BCUT2D eigenvalue weighted by Gasteiger charge is 2.48. The maximum Gasteiger partial charge on any atom is 0.300 e. The number of carbonyl (C=O) groups excluding carboxylic acids is 2. The average Bonchev–Trinajstić information content (AvgIpc) is 3.49. The van der Waals surface area contributed by atoms with Crippen LogP contribution in [-0.4, -0.2) is 23.4 Å². The molecule has 0 spiro atoms. The van der Waals surface area contributed by atoms with Gasteiger partial charge in [0.2, 0.25) is 0 Å². The highest BCUT2D eigenvalue weighted by atomic mass is 16.5. The fraction of sp³-hybridized carbons (Fsp3) is 0.143. The minimum Gasteiger partial charge on any atom is -0.507 e. The molecule has 170 valence electrons. The number of aliphatic hydroxyl groups is 1. The molecule has 1 aromatic heterocycles. The van der Waals surface area contributed by atoms with E-state index in [1.807, 2.05) is 43.3 Å². The van der Waals surface area contributed by atoms with Crippen LogP contribution in [0, 0.1) is 0 Å². The van der Waals surface area contributed by atoms with Crippen molar-refractivity contribution in [3.05, 3.63) is 102 Å². The number of rotatable bonds is 6. The van der Waals surface area contributed by atoms with E-state index in [4.69, 9.17) is 9.15 Å². The first-order chi connectivity index (χ1) is 16.6. The van der Waals surface area contributed by atoms with E-state index in [1.54, 1.807) is 42.5 Å². The highest BCUT2D eigenvalue weighted by molar-refractivity contribution is 6.51. The number of hydrogen-bond acceptors (Lipinski definition) is 5. The van der Waals surface area contributed by atoms with Crippen molar-refractivity contribution in [3.63, 3.8) is 0 Å². The number of carbonyl (C=O) groups is 2. The summed E-state index contributed by atoms with van der Waals surface area (Å²) in [4.78, 5) is 28.0. The molecule has 6 nitrogen and oxygen atoms in total. The predicted octanol–water partition coefficient (Wildman–Crippen LogP) is 5.85. The van der Waals surface area contributed by atoms with Crippen molar-refractivity contribution < 1.29 is 23.8 Å². The SMILES string of the molecule is CCCOc1cccc(N2C(=O)C(=O)/C(=C(\O)c3cccc4ccccc34)C2c2ccco2)c1. The maximum absolute atomic E-state index is 13.3. The fourth-order valence-corrected chi connectivity index (χ4v) is 4.33. The van der Waals surface area contributed by atoms with Gasteiger partial charge in [0.05, 0.1) is 18.4 Å². The number of anilines is 1. The molecule has 0 bridgehead atoms. The lowest BCUT2D eigenvalue weighted by molar-refractivity contribution is -0.132. The Morgan fingerprint density at radius 1 is 1.00 bits per heavy atom. The first-order valence-corrected chi connectivity index (χ1v) is 11.2. The summed E-state index contributed by atoms with van der Waals surface area (Å²) in [6.45, 7) is 2.54. The van der Waals surface area contributed by atoms with E-state index in [0.29, 0.717) is 29.4 Å². The van der Waals surface area contributed by atoms with E-state index in [9.17, 15) is 14.7 Å². The average molecular weight is 453 g/mol. The van der Waals surface area contributed by atoms with Gasteiger partial charge in [0.25, 0.3) is 11.7 Å². The van der Waals surface area contributed by atoms with Gasteiger partial charge in [-0.1, -0.05) is 55.5 Å². The number of fused-ring (bicyclic) bond motifs is 1. The fourth-order valence-electron chi connectivity index (χ4n) is 4.33. The third-order valence-electron chi connectivity index (χ3n) is 5.87. The Hall–Kier alpha value is -4.32. The summed E-state index contributed by atoms with van der Waals surface area (Å²) >= 11 is 0. The van der Waals surface area contributed by atoms with Gasteiger partial charge >= 0.3 is 0 Å². The first-order valence-electron chi connectivity index (χ1n) is 11.2. The van der Waals surface area contributed by atoms with E-state index < -0.39 is 17.7 Å². The topological polar surface area (TPSA) is 80.0 Å². The Balaban J connectivity index is 1.69. The summed E-state index contributed by atoms with van der Waals surface area (Å²) < 4.78 is 11.4. The zero-order valence-electron chi connectivity index (χ0n) is 18.6. The van der Waals surface area contributed by atoms with Gasteiger partial charge in [-0.2, -0.15) is 0 Å². The van der Waals surface area contributed by atoms with E-state index in [-0.39, 0.29) is 11.3 Å². The van der Waals surface area contributed by atoms with Gasteiger partial charge in [0.1, 0.15) is 23.3 Å². The summed E-state index contributed by atoms with van der Waals surface area (Å²) in [7, 11) is 0. The van der Waals surface area contributed by atoms with Gasteiger partial charge in [0, 0.05) is 17.3 Å². The summed E-state index contributed by atoms with van der Waals surface area (Å²) in [5, 5.41) is 13.1. The van der Waals surface area contributed by atoms with E-state index >= 15 is 0 Å². The molecule has 5 rings (SSSR count). The minimum absolute atomic E-state index is 0.0174. The zero-order valence-corrected chi connectivity index (χ0v) is 18.6. The van der Waals surface area contributed by atoms with Gasteiger partial charge < -0.3 is 14.3 Å². The normalized spacial score (nSPS) is 17.4. The molecule has 1 aliphatic heterocycles. The lowest BCUT2D eigenvalue weighted by atomic mass is 9.96. The van der Waals surface area contributed by atoms with Gasteiger partial charge in [-0.05, 0) is 41.5 Å². The Kier molecular flexibility index (Phi) is 5.64. The lowest BCUT2D eigenvalue weighted by Gasteiger charge is -2.24. The van der Waals surface area contributed by atoms with Crippen LogP contribution in [0.5, 0.6) is 5.75 Å². The van der Waals surface area contributed by atoms with Crippen molar-refractivity contribution in [1.82, 2.24) is 0 Å². The van der Waals surface area contributed by atoms with Crippen LogP contribution in [0.1, 0.15) is 30.7 Å². The molecular weight excluding hydrogens is 430 g/mol. The molecule has 0 radical (unpaired) electrons. The predicted molar refractivity (Wildman–Crippen MR) is 130 cm³/mol. The second kappa shape index (κ2) is 8.90. The van der Waals surface area contributed by atoms with Gasteiger partial charge in [-0.15, -0.1) is 0 Å². The minimum atomic E-state index is -0.921. The van der Waals surface area contributed by atoms with Crippen LogP contribution in [0.3, 0.4) is 0 Å². The summed E-state index contributed by atoms with van der Waals surface area (Å²) in [6, 6.07) is 22.5. The zero-order chi connectivity index (χ0) is 23.7. The molecule has 6 heteroatoms. The second-order valence-corrected chi connectivity index (χ2v) is 8.06. The number of furan rings is 1. The molecule has 1 saturated heterocycles. The van der Waals surface area contributed by atoms with Crippen LogP contribution in [0.2, 0.25) is 0 Å². The molecule has 0 saturated carbocycles. The third kappa shape index (κ3) is 3.63. The number of ketones is 1. The summed E-state index contributed by atoms with van der Waals surface area (Å²) in [6.07, 6.45) is 2.32. The Labute approximate surface area is 196 Å². The molecule has 1 aliphatic rings. The molecule has 1 amide bonds. The second-order valence-electron chi connectivity index (χ2n) is 8.06. The molecular formula is C28H23NO5. The number of ether oxygens (including phenoxy) is 1.